The molecule has 1 saturated carbocycles. The van der Waals surface area contributed by atoms with Gasteiger partial charge in [-0.05, 0) is 72.3 Å². The lowest BCUT2D eigenvalue weighted by Gasteiger charge is -2.53. The number of sulfonamides is 1. The Labute approximate surface area is 217 Å². The first-order valence-electron chi connectivity index (χ1n) is 12.2. The van der Waals surface area contributed by atoms with E-state index in [4.69, 9.17) is 4.74 Å². The smallest absolute Gasteiger partial charge is 0.223 e. The SMILES string of the molecule is CS(=O)(=O)N1CC2(CCCN(Cc3cc(F)cnc3Oc3ccc4c(nnn4CC4CC4)c3Br)C2)C1. The Morgan fingerprint density at radius 2 is 2.06 bits per heavy atom. The molecule has 0 unspecified atom stereocenters. The molecule has 9 nitrogen and oxygen atoms in total. The minimum absolute atomic E-state index is 0.0382. The van der Waals surface area contributed by atoms with Gasteiger partial charge in [-0.15, -0.1) is 5.10 Å². The van der Waals surface area contributed by atoms with Gasteiger partial charge in [-0.3, -0.25) is 4.90 Å². The second-order valence-corrected chi connectivity index (χ2v) is 13.3. The van der Waals surface area contributed by atoms with Crippen LogP contribution >= 0.6 is 15.9 Å². The molecule has 0 atom stereocenters. The molecular weight excluding hydrogens is 551 g/mol. The van der Waals surface area contributed by atoms with Gasteiger partial charge in [0.2, 0.25) is 15.9 Å². The lowest BCUT2D eigenvalue weighted by molar-refractivity contribution is -0.0126. The molecule has 3 fully saturated rings. The highest BCUT2D eigenvalue weighted by Crippen LogP contribution is 2.41. The third-order valence-electron chi connectivity index (χ3n) is 7.44. The molecule has 36 heavy (non-hydrogen) atoms. The fourth-order valence-corrected chi connectivity index (χ4v) is 6.92. The molecule has 12 heteroatoms. The van der Waals surface area contributed by atoms with Gasteiger partial charge in [0.25, 0.3) is 0 Å². The lowest BCUT2D eigenvalue weighted by Crippen LogP contribution is -2.63. The molecule has 192 valence electrons. The van der Waals surface area contributed by atoms with Gasteiger partial charge in [-0.2, -0.15) is 0 Å². The number of fused-ring (bicyclic) bond motifs is 1. The van der Waals surface area contributed by atoms with Crippen molar-refractivity contribution in [1.29, 1.82) is 0 Å². The molecule has 3 aliphatic rings. The Kier molecular flexibility index (Phi) is 6.05. The van der Waals surface area contributed by atoms with Gasteiger partial charge in [0.1, 0.15) is 17.1 Å². The number of halogens is 2. The molecule has 0 amide bonds. The van der Waals surface area contributed by atoms with Crippen LogP contribution in [0.3, 0.4) is 0 Å². The molecule has 2 aliphatic heterocycles. The summed E-state index contributed by atoms with van der Waals surface area (Å²) < 4.78 is 48.3. The van der Waals surface area contributed by atoms with Gasteiger partial charge in [0, 0.05) is 43.7 Å². The summed E-state index contributed by atoms with van der Waals surface area (Å²) in [4.78, 5) is 6.50. The maximum Gasteiger partial charge on any atom is 0.223 e. The molecule has 1 aromatic carbocycles. The summed E-state index contributed by atoms with van der Waals surface area (Å²) in [6.45, 7) is 4.04. The van der Waals surface area contributed by atoms with Gasteiger partial charge in [0.15, 0.2) is 0 Å². The van der Waals surface area contributed by atoms with Gasteiger partial charge in [-0.25, -0.2) is 26.8 Å². The van der Waals surface area contributed by atoms with E-state index >= 15 is 0 Å². The highest BCUT2D eigenvalue weighted by atomic mass is 79.9. The van der Waals surface area contributed by atoms with E-state index < -0.39 is 15.8 Å². The van der Waals surface area contributed by atoms with Crippen LogP contribution in [0.15, 0.2) is 28.9 Å². The standard InChI is InChI=1S/C24H28BrFN6O3S/c1-36(33,34)31-14-24(15-31)7-2-8-30(13-24)12-17-9-18(26)10-27-23(17)35-20-6-5-19-22(21(20)25)28-29-32(19)11-16-3-4-16/h5-6,9-10,16H,2-4,7-8,11-15H2,1H3. The number of hydrogen-bond acceptors (Lipinski definition) is 7. The molecule has 1 aliphatic carbocycles. The van der Waals surface area contributed by atoms with Crippen LogP contribution in [-0.4, -0.2) is 70.0 Å². The van der Waals surface area contributed by atoms with Crippen molar-refractivity contribution in [2.75, 3.05) is 32.4 Å². The van der Waals surface area contributed by atoms with Crippen LogP contribution in [-0.2, 0) is 23.1 Å². The number of piperidine rings is 1. The first kappa shape index (κ1) is 24.2. The highest BCUT2D eigenvalue weighted by molar-refractivity contribution is 9.10. The third-order valence-corrected chi connectivity index (χ3v) is 9.41. The van der Waals surface area contributed by atoms with Crippen LogP contribution in [0.1, 0.15) is 31.2 Å². The zero-order valence-electron chi connectivity index (χ0n) is 20.0. The first-order chi connectivity index (χ1) is 17.2. The Balaban J connectivity index is 1.20. The van der Waals surface area contributed by atoms with Crippen molar-refractivity contribution in [2.24, 2.45) is 11.3 Å². The maximum atomic E-state index is 14.2. The second-order valence-electron chi connectivity index (χ2n) is 10.5. The van der Waals surface area contributed by atoms with Crippen molar-refractivity contribution < 1.29 is 17.5 Å². The quantitative estimate of drug-likeness (QED) is 0.421. The largest absolute Gasteiger partial charge is 0.437 e. The van der Waals surface area contributed by atoms with Crippen LogP contribution in [0.4, 0.5) is 4.39 Å². The highest BCUT2D eigenvalue weighted by Gasteiger charge is 2.48. The number of ether oxygens (including phenoxy) is 1. The normalized spacial score (nSPS) is 20.6. The van der Waals surface area contributed by atoms with E-state index in [2.05, 4.69) is 36.1 Å². The Morgan fingerprint density at radius 1 is 1.25 bits per heavy atom. The molecule has 4 heterocycles. The summed E-state index contributed by atoms with van der Waals surface area (Å²) in [6, 6.07) is 5.27. The van der Waals surface area contributed by atoms with Gasteiger partial charge < -0.3 is 4.74 Å². The van der Waals surface area contributed by atoms with Crippen molar-refractivity contribution >= 4 is 37.0 Å². The zero-order chi connectivity index (χ0) is 25.1. The summed E-state index contributed by atoms with van der Waals surface area (Å²) in [5, 5.41) is 8.64. The number of hydrogen-bond donors (Lipinski definition) is 0. The van der Waals surface area contributed by atoms with E-state index in [1.807, 2.05) is 16.8 Å². The topological polar surface area (TPSA) is 93.5 Å². The minimum Gasteiger partial charge on any atom is -0.437 e. The van der Waals surface area contributed by atoms with Gasteiger partial charge in [-0.1, -0.05) is 5.21 Å². The van der Waals surface area contributed by atoms with E-state index in [1.54, 1.807) is 0 Å². The molecule has 6 rings (SSSR count). The number of nitrogens with zero attached hydrogens (tertiary/aromatic N) is 6. The number of benzene rings is 1. The van der Waals surface area contributed by atoms with Crippen LogP contribution in [0.5, 0.6) is 11.6 Å². The Morgan fingerprint density at radius 3 is 2.81 bits per heavy atom. The molecule has 3 aromatic rings. The molecule has 0 bridgehead atoms. The Hall–Kier alpha value is -2.15. The predicted molar refractivity (Wildman–Crippen MR) is 136 cm³/mol. The fourth-order valence-electron chi connectivity index (χ4n) is 5.40. The zero-order valence-corrected chi connectivity index (χ0v) is 22.4. The van der Waals surface area contributed by atoms with Crippen LogP contribution in [0.25, 0.3) is 11.0 Å². The summed E-state index contributed by atoms with van der Waals surface area (Å²) >= 11 is 3.62. The van der Waals surface area contributed by atoms with E-state index in [9.17, 15) is 12.8 Å². The molecule has 0 N–H and O–H groups in total. The predicted octanol–water partition coefficient (Wildman–Crippen LogP) is 3.79. The summed E-state index contributed by atoms with van der Waals surface area (Å²) in [6.07, 6.45) is 6.84. The average Bonchev–Trinajstić information content (AvgIpc) is 3.53. The van der Waals surface area contributed by atoms with Crippen molar-refractivity contribution in [3.63, 3.8) is 0 Å². The van der Waals surface area contributed by atoms with E-state index in [0.717, 1.165) is 49.7 Å². The molecular formula is C24H28BrFN6O3S. The van der Waals surface area contributed by atoms with E-state index in [1.165, 1.54) is 29.5 Å². The molecule has 1 spiro atoms. The molecule has 2 aromatic heterocycles. The van der Waals surface area contributed by atoms with E-state index in [0.29, 0.717) is 47.2 Å². The maximum absolute atomic E-state index is 14.2. The van der Waals surface area contributed by atoms with Crippen LogP contribution in [0, 0.1) is 17.2 Å². The number of rotatable bonds is 7. The van der Waals surface area contributed by atoms with Crippen molar-refractivity contribution in [1.82, 2.24) is 29.2 Å². The van der Waals surface area contributed by atoms with Crippen molar-refractivity contribution in [3.8, 4) is 11.6 Å². The lowest BCUT2D eigenvalue weighted by atomic mass is 9.75. The number of pyridine rings is 1. The number of likely N-dealkylation sites (tertiary alicyclic amines) is 1. The summed E-state index contributed by atoms with van der Waals surface area (Å²) in [5.41, 5.74) is 2.27. The monoisotopic (exact) mass is 578 g/mol. The van der Waals surface area contributed by atoms with E-state index in [-0.39, 0.29) is 5.41 Å². The summed E-state index contributed by atoms with van der Waals surface area (Å²) in [5.74, 6) is 1.14. The molecule has 0 radical (unpaired) electrons. The number of aromatic nitrogens is 4. The minimum atomic E-state index is -3.17. The first-order valence-corrected chi connectivity index (χ1v) is 14.8. The average molecular weight is 579 g/mol. The summed E-state index contributed by atoms with van der Waals surface area (Å²) in [7, 11) is -3.17. The van der Waals surface area contributed by atoms with Crippen LogP contribution < -0.4 is 4.74 Å². The van der Waals surface area contributed by atoms with Gasteiger partial charge >= 0.3 is 0 Å². The molecule has 2 saturated heterocycles. The van der Waals surface area contributed by atoms with Crippen LogP contribution in [0.2, 0.25) is 0 Å². The second kappa shape index (κ2) is 9.00. The Bertz CT molecular complexity index is 1420. The fraction of sp³-hybridized carbons (Fsp3) is 0.542. The van der Waals surface area contributed by atoms with Gasteiger partial charge in [0.05, 0.1) is 22.4 Å². The van der Waals surface area contributed by atoms with Crippen molar-refractivity contribution in [2.45, 2.75) is 38.8 Å². The third kappa shape index (κ3) is 4.75. The van der Waals surface area contributed by atoms with Crippen molar-refractivity contribution in [3.05, 3.63) is 40.2 Å².